The third kappa shape index (κ3) is 4.68. The van der Waals surface area contributed by atoms with Gasteiger partial charge in [0, 0.05) is 36.8 Å². The standard InChI is InChI=1S/C18H20F2N4O3/c1-11-13(17(26)23-18(21-11)24-6-8-27-9-7-24)3-5-16(25)22-15-4-2-12(19)10-14(15)20/h2,4,10H,3,5-9H2,1H3,(H,22,25)(H,21,23,26). The molecule has 2 N–H and O–H groups in total. The van der Waals surface area contributed by atoms with Crippen LogP contribution < -0.4 is 15.8 Å². The molecule has 0 spiro atoms. The summed E-state index contributed by atoms with van der Waals surface area (Å²) in [5.41, 5.74) is 0.542. The number of hydrogen-bond acceptors (Lipinski definition) is 5. The van der Waals surface area contributed by atoms with Crippen molar-refractivity contribution in [3.8, 4) is 0 Å². The molecule has 1 aromatic carbocycles. The fourth-order valence-electron chi connectivity index (χ4n) is 2.86. The lowest BCUT2D eigenvalue weighted by atomic mass is 10.1. The second-order valence-electron chi connectivity index (χ2n) is 6.23. The van der Waals surface area contributed by atoms with Crippen LogP contribution in [0.2, 0.25) is 0 Å². The molecule has 2 aromatic rings. The molecule has 144 valence electrons. The Morgan fingerprint density at radius 3 is 2.74 bits per heavy atom. The molecule has 1 aliphatic rings. The summed E-state index contributed by atoms with van der Waals surface area (Å²) in [4.78, 5) is 33.5. The van der Waals surface area contributed by atoms with Gasteiger partial charge in [-0.05, 0) is 25.5 Å². The molecule has 0 unspecified atom stereocenters. The summed E-state index contributed by atoms with van der Waals surface area (Å²) in [6, 6.07) is 2.90. The zero-order chi connectivity index (χ0) is 19.4. The minimum Gasteiger partial charge on any atom is -0.378 e. The van der Waals surface area contributed by atoms with Gasteiger partial charge in [-0.2, -0.15) is 0 Å². The summed E-state index contributed by atoms with van der Waals surface area (Å²) in [6.07, 6.45) is 0.130. The minimum atomic E-state index is -0.853. The Hall–Kier alpha value is -2.81. The van der Waals surface area contributed by atoms with Crippen molar-refractivity contribution in [3.05, 3.63) is 51.4 Å². The van der Waals surface area contributed by atoms with Crippen LogP contribution in [0.5, 0.6) is 0 Å². The van der Waals surface area contributed by atoms with E-state index in [-0.39, 0.29) is 24.1 Å². The van der Waals surface area contributed by atoms with Crippen LogP contribution in [0.4, 0.5) is 20.4 Å². The molecule has 7 nitrogen and oxygen atoms in total. The Morgan fingerprint density at radius 1 is 1.33 bits per heavy atom. The number of anilines is 2. The normalized spacial score (nSPS) is 14.3. The highest BCUT2D eigenvalue weighted by Crippen LogP contribution is 2.16. The molecule has 1 fully saturated rings. The molecule has 0 atom stereocenters. The smallest absolute Gasteiger partial charge is 0.255 e. The molecule has 2 heterocycles. The van der Waals surface area contributed by atoms with Crippen molar-refractivity contribution in [2.24, 2.45) is 0 Å². The van der Waals surface area contributed by atoms with Crippen LogP contribution in [0.15, 0.2) is 23.0 Å². The van der Waals surface area contributed by atoms with Crippen LogP contribution in [-0.2, 0) is 16.0 Å². The molecule has 1 aromatic heterocycles. The largest absolute Gasteiger partial charge is 0.378 e. The minimum absolute atomic E-state index is 0.0285. The Labute approximate surface area is 154 Å². The van der Waals surface area contributed by atoms with Crippen molar-refractivity contribution in [1.82, 2.24) is 9.97 Å². The number of rotatable bonds is 5. The van der Waals surface area contributed by atoms with E-state index >= 15 is 0 Å². The first-order valence-electron chi connectivity index (χ1n) is 8.61. The number of amides is 1. The van der Waals surface area contributed by atoms with Crippen LogP contribution in [0.1, 0.15) is 17.7 Å². The van der Waals surface area contributed by atoms with Gasteiger partial charge < -0.3 is 15.0 Å². The van der Waals surface area contributed by atoms with Crippen molar-refractivity contribution in [1.29, 1.82) is 0 Å². The Kier molecular flexibility index (Phi) is 5.80. The van der Waals surface area contributed by atoms with Crippen molar-refractivity contribution in [2.75, 3.05) is 36.5 Å². The lowest BCUT2D eigenvalue weighted by molar-refractivity contribution is -0.116. The number of morpholine rings is 1. The maximum absolute atomic E-state index is 13.6. The predicted molar refractivity (Wildman–Crippen MR) is 95.9 cm³/mol. The third-order valence-electron chi connectivity index (χ3n) is 4.33. The van der Waals surface area contributed by atoms with Gasteiger partial charge in [0.25, 0.3) is 5.56 Å². The van der Waals surface area contributed by atoms with Crippen LogP contribution in [-0.4, -0.2) is 42.2 Å². The lowest BCUT2D eigenvalue weighted by Gasteiger charge is -2.27. The van der Waals surface area contributed by atoms with E-state index in [2.05, 4.69) is 15.3 Å². The van der Waals surface area contributed by atoms with Gasteiger partial charge in [-0.1, -0.05) is 0 Å². The zero-order valence-corrected chi connectivity index (χ0v) is 14.8. The Bertz CT molecular complexity index is 895. The SMILES string of the molecule is Cc1nc(N2CCOCC2)[nH]c(=O)c1CCC(=O)Nc1ccc(F)cc1F. The first-order valence-corrected chi connectivity index (χ1v) is 8.61. The van der Waals surface area contributed by atoms with E-state index in [0.29, 0.717) is 49.6 Å². The average molecular weight is 378 g/mol. The molecule has 9 heteroatoms. The third-order valence-corrected chi connectivity index (χ3v) is 4.33. The van der Waals surface area contributed by atoms with E-state index in [1.807, 2.05) is 4.90 Å². The average Bonchev–Trinajstić information content (AvgIpc) is 2.64. The van der Waals surface area contributed by atoms with Gasteiger partial charge in [0.05, 0.1) is 18.9 Å². The highest BCUT2D eigenvalue weighted by molar-refractivity contribution is 5.90. The molecule has 1 amide bonds. The molecule has 1 aliphatic heterocycles. The van der Waals surface area contributed by atoms with Crippen molar-refractivity contribution in [2.45, 2.75) is 19.8 Å². The number of nitrogens with zero attached hydrogens (tertiary/aromatic N) is 2. The van der Waals surface area contributed by atoms with E-state index in [1.165, 1.54) is 0 Å². The number of carbonyl (C=O) groups is 1. The van der Waals surface area contributed by atoms with Gasteiger partial charge in [-0.25, -0.2) is 13.8 Å². The number of H-pyrrole nitrogens is 1. The van der Waals surface area contributed by atoms with E-state index in [9.17, 15) is 18.4 Å². The summed E-state index contributed by atoms with van der Waals surface area (Å²) in [7, 11) is 0. The molecule has 0 radical (unpaired) electrons. The molecule has 3 rings (SSSR count). The van der Waals surface area contributed by atoms with Gasteiger partial charge in [-0.3, -0.25) is 14.6 Å². The van der Waals surface area contributed by atoms with Crippen LogP contribution >= 0.6 is 0 Å². The number of halogens is 2. The van der Waals surface area contributed by atoms with E-state index < -0.39 is 17.5 Å². The maximum atomic E-state index is 13.6. The molecule has 27 heavy (non-hydrogen) atoms. The topological polar surface area (TPSA) is 87.3 Å². The van der Waals surface area contributed by atoms with Gasteiger partial charge in [0.1, 0.15) is 11.6 Å². The Morgan fingerprint density at radius 2 is 2.07 bits per heavy atom. The molecule has 0 bridgehead atoms. The van der Waals surface area contributed by atoms with Gasteiger partial charge in [0.15, 0.2) is 0 Å². The fourth-order valence-corrected chi connectivity index (χ4v) is 2.86. The first kappa shape index (κ1) is 19.0. The Balaban J connectivity index is 1.65. The summed E-state index contributed by atoms with van der Waals surface area (Å²) in [5, 5.41) is 2.37. The number of benzene rings is 1. The molecular weight excluding hydrogens is 358 g/mol. The molecule has 1 saturated heterocycles. The van der Waals surface area contributed by atoms with E-state index in [1.54, 1.807) is 6.92 Å². The monoisotopic (exact) mass is 378 g/mol. The number of aromatic nitrogens is 2. The predicted octanol–water partition coefficient (Wildman–Crippen LogP) is 1.76. The molecule has 0 saturated carbocycles. The van der Waals surface area contributed by atoms with Crippen LogP contribution in [0.25, 0.3) is 0 Å². The van der Waals surface area contributed by atoms with E-state index in [4.69, 9.17) is 4.74 Å². The van der Waals surface area contributed by atoms with Crippen LogP contribution in [0.3, 0.4) is 0 Å². The maximum Gasteiger partial charge on any atom is 0.255 e. The quantitative estimate of drug-likeness (QED) is 0.828. The zero-order valence-electron chi connectivity index (χ0n) is 14.8. The number of ether oxygens (including phenoxy) is 1. The number of hydrogen-bond donors (Lipinski definition) is 2. The van der Waals surface area contributed by atoms with Gasteiger partial charge in [0.2, 0.25) is 11.9 Å². The van der Waals surface area contributed by atoms with Gasteiger partial charge >= 0.3 is 0 Å². The second-order valence-corrected chi connectivity index (χ2v) is 6.23. The number of carbonyl (C=O) groups excluding carboxylic acids is 1. The van der Waals surface area contributed by atoms with Gasteiger partial charge in [-0.15, -0.1) is 0 Å². The lowest BCUT2D eigenvalue weighted by Crippen LogP contribution is -2.38. The van der Waals surface area contributed by atoms with E-state index in [0.717, 1.165) is 12.1 Å². The second kappa shape index (κ2) is 8.26. The summed E-state index contributed by atoms with van der Waals surface area (Å²) in [5.74, 6) is -1.56. The number of nitrogens with one attached hydrogen (secondary N) is 2. The highest BCUT2D eigenvalue weighted by atomic mass is 19.1. The fraction of sp³-hybridized carbons (Fsp3) is 0.389. The summed E-state index contributed by atoms with van der Waals surface area (Å²) >= 11 is 0. The van der Waals surface area contributed by atoms with Crippen molar-refractivity contribution in [3.63, 3.8) is 0 Å². The summed E-state index contributed by atoms with van der Waals surface area (Å²) < 4.78 is 31.8. The summed E-state index contributed by atoms with van der Waals surface area (Å²) in [6.45, 7) is 4.15. The first-order chi connectivity index (χ1) is 12.9. The van der Waals surface area contributed by atoms with Crippen molar-refractivity contribution < 1.29 is 18.3 Å². The molecule has 0 aliphatic carbocycles. The molecular formula is C18H20F2N4O3. The highest BCUT2D eigenvalue weighted by Gasteiger charge is 2.17. The van der Waals surface area contributed by atoms with Crippen LogP contribution in [0, 0.1) is 18.6 Å². The van der Waals surface area contributed by atoms with Crippen molar-refractivity contribution >= 4 is 17.5 Å². The number of aromatic amines is 1. The number of aryl methyl sites for hydroxylation is 1.